The highest BCUT2D eigenvalue weighted by molar-refractivity contribution is 6.30. The summed E-state index contributed by atoms with van der Waals surface area (Å²) >= 11 is 6.16. The van der Waals surface area contributed by atoms with E-state index >= 15 is 0 Å². The number of hydrazine groups is 1. The molecule has 2 aromatic rings. The summed E-state index contributed by atoms with van der Waals surface area (Å²) in [6.45, 7) is -0.0619. The molecule has 2 atom stereocenters. The molecule has 0 fully saturated rings. The number of carbonyl (C=O) groups excluding carboxylic acids is 2. The molecule has 2 amide bonds. The van der Waals surface area contributed by atoms with Crippen LogP contribution in [0.3, 0.4) is 0 Å². The first-order valence-electron chi connectivity index (χ1n) is 10.9. The highest BCUT2D eigenvalue weighted by Gasteiger charge is 2.31. The van der Waals surface area contributed by atoms with Crippen LogP contribution in [0.4, 0.5) is 5.69 Å². The molecule has 2 aromatic carbocycles. The average Bonchev–Trinajstić information content (AvgIpc) is 2.93. The average molecular weight is 502 g/mol. The summed E-state index contributed by atoms with van der Waals surface area (Å²) < 4.78 is 5.41. The Morgan fingerprint density at radius 2 is 2.03 bits per heavy atom. The van der Waals surface area contributed by atoms with E-state index in [1.807, 2.05) is 14.1 Å². The van der Waals surface area contributed by atoms with E-state index < -0.39 is 24.0 Å². The Bertz CT molecular complexity index is 1120. The van der Waals surface area contributed by atoms with Gasteiger partial charge in [-0.1, -0.05) is 17.7 Å². The molecule has 11 heteroatoms. The fraction of sp³-hybridized carbons (Fsp3) is 0.333. The lowest BCUT2D eigenvalue weighted by Crippen LogP contribution is -2.49. The first-order chi connectivity index (χ1) is 16.7. The van der Waals surface area contributed by atoms with Gasteiger partial charge in [-0.05, 0) is 48.4 Å². The number of amides is 2. The van der Waals surface area contributed by atoms with Gasteiger partial charge in [0.05, 0.1) is 25.1 Å². The van der Waals surface area contributed by atoms with Crippen LogP contribution in [0.5, 0.6) is 5.75 Å². The van der Waals surface area contributed by atoms with Crippen molar-refractivity contribution in [1.29, 1.82) is 0 Å². The zero-order valence-corrected chi connectivity index (χ0v) is 20.5. The third-order valence-corrected chi connectivity index (χ3v) is 5.52. The van der Waals surface area contributed by atoms with Crippen LogP contribution in [0, 0.1) is 5.92 Å². The number of carbonyl (C=O) groups is 3. The van der Waals surface area contributed by atoms with Crippen molar-refractivity contribution in [3.05, 3.63) is 58.6 Å². The lowest BCUT2D eigenvalue weighted by molar-refractivity contribution is -0.136. The Morgan fingerprint density at radius 1 is 1.26 bits per heavy atom. The minimum Gasteiger partial charge on any atom is -0.496 e. The molecule has 1 unspecified atom stereocenters. The molecular formula is C24H28ClN5O5. The third kappa shape index (κ3) is 7.25. The molecule has 0 aromatic heterocycles. The quantitative estimate of drug-likeness (QED) is 0.450. The number of carboxylic acids is 1. The lowest BCUT2D eigenvalue weighted by atomic mass is 9.98. The number of hydrogen-bond donors (Lipinski definition) is 3. The van der Waals surface area contributed by atoms with Crippen LogP contribution in [0.1, 0.15) is 15.9 Å². The van der Waals surface area contributed by atoms with Crippen molar-refractivity contribution in [2.24, 2.45) is 10.9 Å². The monoisotopic (exact) mass is 501 g/mol. The van der Waals surface area contributed by atoms with E-state index in [2.05, 4.69) is 15.7 Å². The second kappa shape index (κ2) is 11.8. The van der Waals surface area contributed by atoms with Gasteiger partial charge in [-0.3, -0.25) is 14.6 Å². The van der Waals surface area contributed by atoms with Crippen LogP contribution < -0.4 is 15.5 Å². The fourth-order valence-corrected chi connectivity index (χ4v) is 3.95. The smallest absolute Gasteiger partial charge is 0.335 e. The molecular weight excluding hydrogens is 474 g/mol. The highest BCUT2D eigenvalue weighted by Crippen LogP contribution is 2.26. The van der Waals surface area contributed by atoms with Crippen molar-refractivity contribution < 1.29 is 24.2 Å². The molecule has 3 N–H and O–H groups in total. The SMILES string of the molecule is COc1ccc(Cl)cc1C[C@@H]1C=NC(NN(C)C)CN(CC(=O)Nc2cccc(C(=O)O)c2)C1=O. The topological polar surface area (TPSA) is 124 Å². The van der Waals surface area contributed by atoms with Gasteiger partial charge in [0.25, 0.3) is 0 Å². The number of methoxy groups -OCH3 is 1. The normalized spacial score (nSPS) is 17.9. The number of rotatable bonds is 9. The highest BCUT2D eigenvalue weighted by atomic mass is 35.5. The van der Waals surface area contributed by atoms with Gasteiger partial charge < -0.3 is 20.1 Å². The van der Waals surface area contributed by atoms with Gasteiger partial charge in [0.1, 0.15) is 18.5 Å². The largest absolute Gasteiger partial charge is 0.496 e. The minimum absolute atomic E-state index is 0.0489. The Balaban J connectivity index is 1.80. The summed E-state index contributed by atoms with van der Waals surface area (Å²) in [4.78, 5) is 43.4. The standard InChI is InChI=1S/C24H28ClN5O5/c1-29(2)28-21-13-30(14-22(31)27-19-6-4-5-15(11-19)24(33)34)23(32)17(12-26-21)9-16-10-18(25)7-8-20(16)35-3/h4-8,10-12,17,21,28H,9,13-14H2,1-3H3,(H,27,31)(H,33,34)/t17-,21?/m1/s1. The first-order valence-corrected chi connectivity index (χ1v) is 11.2. The Morgan fingerprint density at radius 3 is 2.71 bits per heavy atom. The molecule has 3 rings (SSSR count). The second-order valence-electron chi connectivity index (χ2n) is 8.26. The summed E-state index contributed by atoms with van der Waals surface area (Å²) in [7, 11) is 5.16. The number of aromatic carboxylic acids is 1. The molecule has 1 heterocycles. The van der Waals surface area contributed by atoms with Gasteiger partial charge >= 0.3 is 5.97 Å². The molecule has 0 bridgehead atoms. The third-order valence-electron chi connectivity index (χ3n) is 5.29. The van der Waals surface area contributed by atoms with Crippen molar-refractivity contribution in [3.8, 4) is 5.75 Å². The summed E-state index contributed by atoms with van der Waals surface area (Å²) in [5, 5.41) is 14.1. The molecule has 1 aliphatic heterocycles. The number of carboxylic acid groups (broad SMARTS) is 1. The number of halogens is 1. The molecule has 0 radical (unpaired) electrons. The predicted octanol–water partition coefficient (Wildman–Crippen LogP) is 2.15. The van der Waals surface area contributed by atoms with Crippen LogP contribution >= 0.6 is 11.6 Å². The molecule has 35 heavy (non-hydrogen) atoms. The van der Waals surface area contributed by atoms with Crippen LogP contribution in [0.2, 0.25) is 5.02 Å². The van der Waals surface area contributed by atoms with E-state index in [0.717, 1.165) is 5.56 Å². The number of benzene rings is 2. The second-order valence-corrected chi connectivity index (χ2v) is 8.69. The van der Waals surface area contributed by atoms with Crippen LogP contribution in [0.15, 0.2) is 47.5 Å². The molecule has 0 aliphatic carbocycles. The summed E-state index contributed by atoms with van der Waals surface area (Å²) in [6, 6.07) is 11.1. The molecule has 0 saturated heterocycles. The summed E-state index contributed by atoms with van der Waals surface area (Å²) in [5.74, 6) is -1.86. The maximum absolute atomic E-state index is 13.5. The van der Waals surface area contributed by atoms with Gasteiger partial charge in [0, 0.05) is 31.0 Å². The zero-order chi connectivity index (χ0) is 25.5. The van der Waals surface area contributed by atoms with Crippen LogP contribution in [-0.4, -0.2) is 79.5 Å². The summed E-state index contributed by atoms with van der Waals surface area (Å²) in [6.07, 6.45) is 1.43. The van der Waals surface area contributed by atoms with Gasteiger partial charge in [-0.2, -0.15) is 0 Å². The first kappa shape index (κ1) is 26.1. The van der Waals surface area contributed by atoms with Crippen molar-refractivity contribution in [1.82, 2.24) is 15.3 Å². The van der Waals surface area contributed by atoms with E-state index in [-0.39, 0.29) is 24.6 Å². The molecule has 0 spiro atoms. The Hall–Kier alpha value is -3.47. The lowest BCUT2D eigenvalue weighted by Gasteiger charge is -2.27. The molecule has 1 aliphatic rings. The Kier molecular flexibility index (Phi) is 8.80. The minimum atomic E-state index is -1.10. The summed E-state index contributed by atoms with van der Waals surface area (Å²) in [5.41, 5.74) is 4.26. The van der Waals surface area contributed by atoms with E-state index in [0.29, 0.717) is 22.9 Å². The number of hydrogen-bond acceptors (Lipinski definition) is 7. The Labute approximate surface area is 208 Å². The van der Waals surface area contributed by atoms with Gasteiger partial charge in [0.15, 0.2) is 0 Å². The van der Waals surface area contributed by atoms with Crippen LogP contribution in [0.25, 0.3) is 0 Å². The molecule has 10 nitrogen and oxygen atoms in total. The maximum Gasteiger partial charge on any atom is 0.335 e. The number of nitrogens with one attached hydrogen (secondary N) is 2. The van der Waals surface area contributed by atoms with E-state index in [1.54, 1.807) is 42.6 Å². The van der Waals surface area contributed by atoms with Crippen molar-refractivity contribution in [2.45, 2.75) is 12.6 Å². The van der Waals surface area contributed by atoms with Crippen LogP contribution in [-0.2, 0) is 16.0 Å². The van der Waals surface area contributed by atoms with E-state index in [4.69, 9.17) is 21.4 Å². The molecule has 0 saturated carbocycles. The van der Waals surface area contributed by atoms with Crippen molar-refractivity contribution >= 4 is 41.3 Å². The van der Waals surface area contributed by atoms with E-state index in [1.165, 1.54) is 23.1 Å². The predicted molar refractivity (Wildman–Crippen MR) is 133 cm³/mol. The number of anilines is 1. The van der Waals surface area contributed by atoms with Crippen molar-refractivity contribution in [2.75, 3.05) is 39.6 Å². The van der Waals surface area contributed by atoms with Crippen molar-refractivity contribution in [3.63, 3.8) is 0 Å². The van der Waals surface area contributed by atoms with Gasteiger partial charge in [-0.25, -0.2) is 15.2 Å². The fourth-order valence-electron chi connectivity index (χ4n) is 3.75. The number of aliphatic imine (C=N–C) groups is 1. The van der Waals surface area contributed by atoms with E-state index in [9.17, 15) is 14.4 Å². The molecule has 186 valence electrons. The van der Waals surface area contributed by atoms with Gasteiger partial charge in [0.2, 0.25) is 11.8 Å². The number of nitrogens with zero attached hydrogens (tertiary/aromatic N) is 3. The zero-order valence-electron chi connectivity index (χ0n) is 19.7. The maximum atomic E-state index is 13.5. The van der Waals surface area contributed by atoms with Gasteiger partial charge in [-0.15, -0.1) is 0 Å². The number of ether oxygens (including phenoxy) is 1.